The van der Waals surface area contributed by atoms with Gasteiger partial charge in [0.2, 0.25) is 0 Å². The van der Waals surface area contributed by atoms with Crippen LogP contribution >= 0.6 is 0 Å². The standard InChI is InChI=1S/C16H24N2O/c1-12(2)13-4-3-5-14-15(6-7-17-16(13)14)18-8-10-19-11-9-18/h3-5,12,15,17H,6-11H2,1-2H3. The van der Waals surface area contributed by atoms with Gasteiger partial charge in [-0.25, -0.2) is 0 Å². The predicted molar refractivity (Wildman–Crippen MR) is 78.8 cm³/mol. The molecule has 2 heterocycles. The lowest BCUT2D eigenvalue weighted by Crippen LogP contribution is -2.41. The third kappa shape index (κ3) is 2.49. The summed E-state index contributed by atoms with van der Waals surface area (Å²) in [5.41, 5.74) is 4.33. The van der Waals surface area contributed by atoms with E-state index in [4.69, 9.17) is 4.74 Å². The molecule has 3 rings (SSSR count). The first-order valence-corrected chi connectivity index (χ1v) is 7.46. The topological polar surface area (TPSA) is 24.5 Å². The van der Waals surface area contributed by atoms with E-state index in [1.165, 1.54) is 23.2 Å². The lowest BCUT2D eigenvalue weighted by atomic mass is 9.90. The monoisotopic (exact) mass is 260 g/mol. The highest BCUT2D eigenvalue weighted by atomic mass is 16.5. The molecular formula is C16H24N2O. The molecule has 1 saturated heterocycles. The molecule has 0 bridgehead atoms. The number of para-hydroxylation sites is 1. The van der Waals surface area contributed by atoms with Crippen molar-refractivity contribution in [3.05, 3.63) is 29.3 Å². The van der Waals surface area contributed by atoms with Crippen LogP contribution in [0.3, 0.4) is 0 Å². The molecule has 0 radical (unpaired) electrons. The Morgan fingerprint density at radius 2 is 2.05 bits per heavy atom. The average Bonchev–Trinajstić information content (AvgIpc) is 2.46. The van der Waals surface area contributed by atoms with Gasteiger partial charge >= 0.3 is 0 Å². The third-order valence-corrected chi connectivity index (χ3v) is 4.32. The van der Waals surface area contributed by atoms with Crippen LogP contribution in [0.5, 0.6) is 0 Å². The highest BCUT2D eigenvalue weighted by molar-refractivity contribution is 5.61. The second-order valence-corrected chi connectivity index (χ2v) is 5.85. The van der Waals surface area contributed by atoms with E-state index in [0.29, 0.717) is 12.0 Å². The molecule has 0 amide bonds. The van der Waals surface area contributed by atoms with E-state index in [0.717, 1.165) is 32.8 Å². The van der Waals surface area contributed by atoms with Gasteiger partial charge in [0.15, 0.2) is 0 Å². The number of rotatable bonds is 2. The summed E-state index contributed by atoms with van der Waals surface area (Å²) in [4.78, 5) is 2.59. The smallest absolute Gasteiger partial charge is 0.0594 e. The number of ether oxygens (including phenoxy) is 1. The summed E-state index contributed by atoms with van der Waals surface area (Å²) in [6.45, 7) is 9.52. The molecule has 0 spiro atoms. The van der Waals surface area contributed by atoms with Crippen molar-refractivity contribution in [1.82, 2.24) is 4.90 Å². The summed E-state index contributed by atoms with van der Waals surface area (Å²) in [6.07, 6.45) is 1.20. The van der Waals surface area contributed by atoms with E-state index < -0.39 is 0 Å². The van der Waals surface area contributed by atoms with E-state index in [1.54, 1.807) is 0 Å². The van der Waals surface area contributed by atoms with Gasteiger partial charge in [-0.2, -0.15) is 0 Å². The van der Waals surface area contributed by atoms with Crippen LogP contribution in [-0.4, -0.2) is 37.7 Å². The van der Waals surface area contributed by atoms with E-state index >= 15 is 0 Å². The van der Waals surface area contributed by atoms with Gasteiger partial charge in [0, 0.05) is 31.4 Å². The van der Waals surface area contributed by atoms with Crippen molar-refractivity contribution in [2.75, 3.05) is 38.2 Å². The van der Waals surface area contributed by atoms with E-state index in [-0.39, 0.29) is 0 Å². The van der Waals surface area contributed by atoms with Gasteiger partial charge < -0.3 is 10.1 Å². The number of benzene rings is 1. The Labute approximate surface area is 115 Å². The first kappa shape index (κ1) is 12.9. The molecule has 2 aliphatic rings. The van der Waals surface area contributed by atoms with Gasteiger partial charge in [0.25, 0.3) is 0 Å². The van der Waals surface area contributed by atoms with Crippen LogP contribution in [0, 0.1) is 0 Å². The Balaban J connectivity index is 1.93. The molecule has 1 aromatic carbocycles. The maximum atomic E-state index is 5.48. The third-order valence-electron chi connectivity index (χ3n) is 4.32. The van der Waals surface area contributed by atoms with Crippen LogP contribution in [0.25, 0.3) is 0 Å². The molecule has 1 aromatic rings. The molecule has 104 valence electrons. The summed E-state index contributed by atoms with van der Waals surface area (Å²) >= 11 is 0. The fourth-order valence-electron chi connectivity index (χ4n) is 3.31. The number of fused-ring (bicyclic) bond motifs is 1. The van der Waals surface area contributed by atoms with Crippen molar-refractivity contribution in [3.63, 3.8) is 0 Å². The fourth-order valence-corrected chi connectivity index (χ4v) is 3.31. The minimum Gasteiger partial charge on any atom is -0.384 e. The number of nitrogens with one attached hydrogen (secondary N) is 1. The highest BCUT2D eigenvalue weighted by Crippen LogP contribution is 2.38. The van der Waals surface area contributed by atoms with E-state index in [9.17, 15) is 0 Å². The first-order valence-electron chi connectivity index (χ1n) is 7.46. The zero-order chi connectivity index (χ0) is 13.2. The molecule has 2 aliphatic heterocycles. The summed E-state index contributed by atoms with van der Waals surface area (Å²) in [5, 5.41) is 3.62. The Morgan fingerprint density at radius 1 is 1.26 bits per heavy atom. The summed E-state index contributed by atoms with van der Waals surface area (Å²) in [5.74, 6) is 0.575. The largest absolute Gasteiger partial charge is 0.384 e. The van der Waals surface area contributed by atoms with Crippen molar-refractivity contribution >= 4 is 5.69 Å². The molecule has 0 aromatic heterocycles. The quantitative estimate of drug-likeness (QED) is 0.884. The van der Waals surface area contributed by atoms with Crippen LogP contribution in [-0.2, 0) is 4.74 Å². The van der Waals surface area contributed by atoms with Crippen molar-refractivity contribution in [2.45, 2.75) is 32.2 Å². The Morgan fingerprint density at radius 3 is 2.79 bits per heavy atom. The number of nitrogens with zero attached hydrogens (tertiary/aromatic N) is 1. The normalized spacial score (nSPS) is 24.1. The lowest BCUT2D eigenvalue weighted by Gasteiger charge is -2.39. The van der Waals surface area contributed by atoms with Gasteiger partial charge in [0.1, 0.15) is 0 Å². The second kappa shape index (κ2) is 5.51. The van der Waals surface area contributed by atoms with Gasteiger partial charge in [-0.3, -0.25) is 4.90 Å². The Hall–Kier alpha value is -1.06. The molecule has 1 fully saturated rings. The second-order valence-electron chi connectivity index (χ2n) is 5.85. The molecule has 3 nitrogen and oxygen atoms in total. The molecule has 1 atom stereocenters. The summed E-state index contributed by atoms with van der Waals surface area (Å²) < 4.78 is 5.48. The SMILES string of the molecule is CC(C)c1cccc2c1NCCC2N1CCOCC1. The molecular weight excluding hydrogens is 236 g/mol. The van der Waals surface area contributed by atoms with Crippen molar-refractivity contribution in [2.24, 2.45) is 0 Å². The van der Waals surface area contributed by atoms with E-state index in [1.807, 2.05) is 0 Å². The maximum Gasteiger partial charge on any atom is 0.0594 e. The zero-order valence-corrected chi connectivity index (χ0v) is 12.0. The number of hydrogen-bond acceptors (Lipinski definition) is 3. The molecule has 0 saturated carbocycles. The maximum absolute atomic E-state index is 5.48. The predicted octanol–water partition coefficient (Wildman–Crippen LogP) is 3.00. The van der Waals surface area contributed by atoms with Gasteiger partial charge in [-0.1, -0.05) is 32.0 Å². The number of anilines is 1. The van der Waals surface area contributed by atoms with Crippen LogP contribution in [0.2, 0.25) is 0 Å². The molecule has 1 unspecified atom stereocenters. The fraction of sp³-hybridized carbons (Fsp3) is 0.625. The van der Waals surface area contributed by atoms with Crippen LogP contribution < -0.4 is 5.32 Å². The lowest BCUT2D eigenvalue weighted by molar-refractivity contribution is 0.0144. The summed E-state index contributed by atoms with van der Waals surface area (Å²) in [7, 11) is 0. The van der Waals surface area contributed by atoms with Crippen LogP contribution in [0.4, 0.5) is 5.69 Å². The van der Waals surface area contributed by atoms with Crippen molar-refractivity contribution < 1.29 is 4.74 Å². The number of hydrogen-bond donors (Lipinski definition) is 1. The Kier molecular flexibility index (Phi) is 3.76. The molecule has 19 heavy (non-hydrogen) atoms. The first-order chi connectivity index (χ1) is 9.27. The Bertz CT molecular complexity index is 438. The number of morpholine rings is 1. The van der Waals surface area contributed by atoms with Crippen molar-refractivity contribution in [1.29, 1.82) is 0 Å². The zero-order valence-electron chi connectivity index (χ0n) is 12.0. The van der Waals surface area contributed by atoms with Crippen molar-refractivity contribution in [3.8, 4) is 0 Å². The molecule has 1 N–H and O–H groups in total. The van der Waals surface area contributed by atoms with Crippen LogP contribution in [0.1, 0.15) is 43.4 Å². The minimum absolute atomic E-state index is 0.568. The summed E-state index contributed by atoms with van der Waals surface area (Å²) in [6, 6.07) is 7.35. The minimum atomic E-state index is 0.568. The van der Waals surface area contributed by atoms with Gasteiger partial charge in [0.05, 0.1) is 13.2 Å². The highest BCUT2D eigenvalue weighted by Gasteiger charge is 2.28. The van der Waals surface area contributed by atoms with Gasteiger partial charge in [-0.15, -0.1) is 0 Å². The molecule has 0 aliphatic carbocycles. The average molecular weight is 260 g/mol. The van der Waals surface area contributed by atoms with Crippen LogP contribution in [0.15, 0.2) is 18.2 Å². The van der Waals surface area contributed by atoms with E-state index in [2.05, 4.69) is 42.3 Å². The molecule has 3 heteroatoms. The van der Waals surface area contributed by atoms with Gasteiger partial charge in [-0.05, 0) is 23.5 Å².